The van der Waals surface area contributed by atoms with Crippen LogP contribution >= 0.6 is 11.3 Å². The fourth-order valence-electron chi connectivity index (χ4n) is 4.03. The molecule has 3 aromatic rings. The summed E-state index contributed by atoms with van der Waals surface area (Å²) in [5, 5.41) is 3.07. The highest BCUT2D eigenvalue weighted by Gasteiger charge is 2.23. The molecule has 148 valence electrons. The number of fused-ring (bicyclic) bond motifs is 3. The van der Waals surface area contributed by atoms with E-state index in [1.54, 1.807) is 25.6 Å². The van der Waals surface area contributed by atoms with E-state index in [9.17, 15) is 4.79 Å². The van der Waals surface area contributed by atoms with E-state index in [-0.39, 0.29) is 5.91 Å². The molecule has 0 saturated carbocycles. The van der Waals surface area contributed by atoms with E-state index in [1.165, 1.54) is 35.2 Å². The van der Waals surface area contributed by atoms with E-state index in [0.29, 0.717) is 12.3 Å². The maximum Gasteiger partial charge on any atom is 0.254 e. The molecule has 0 bridgehead atoms. The molecule has 2 aromatic heterocycles. The van der Waals surface area contributed by atoms with Crippen LogP contribution in [-0.4, -0.2) is 25.1 Å². The van der Waals surface area contributed by atoms with Gasteiger partial charge in [-0.25, -0.2) is 0 Å². The van der Waals surface area contributed by atoms with Gasteiger partial charge in [0.15, 0.2) is 0 Å². The normalized spacial score (nSPS) is 13.8. The number of benzene rings is 1. The number of amides is 1. The number of hydrogen-bond donors (Lipinski definition) is 2. The molecule has 1 aliphatic rings. The van der Waals surface area contributed by atoms with Gasteiger partial charge in [0.1, 0.15) is 11.5 Å². The molecule has 1 amide bonds. The van der Waals surface area contributed by atoms with Gasteiger partial charge in [0.2, 0.25) is 0 Å². The maximum absolute atomic E-state index is 13.0. The zero-order valence-electron chi connectivity index (χ0n) is 16.6. The molecule has 28 heavy (non-hydrogen) atoms. The van der Waals surface area contributed by atoms with Crippen LogP contribution in [0.2, 0.25) is 0 Å². The summed E-state index contributed by atoms with van der Waals surface area (Å²) < 4.78 is 11.9. The van der Waals surface area contributed by atoms with Gasteiger partial charge in [0.25, 0.3) is 5.91 Å². The number of carbonyl (C=O) groups is 1. The van der Waals surface area contributed by atoms with Crippen molar-refractivity contribution < 1.29 is 14.3 Å². The van der Waals surface area contributed by atoms with Crippen LogP contribution in [0, 0.1) is 6.92 Å². The van der Waals surface area contributed by atoms with Gasteiger partial charge in [0, 0.05) is 28.7 Å². The molecule has 0 atom stereocenters. The quantitative estimate of drug-likeness (QED) is 0.610. The monoisotopic (exact) mass is 398 g/mol. The zero-order chi connectivity index (χ0) is 19.7. The molecular weight excluding hydrogens is 372 g/mol. The molecule has 2 heterocycles. The number of carbonyl (C=O) groups excluding carboxylic acids is 1. The number of thiophene rings is 1. The van der Waals surface area contributed by atoms with Crippen molar-refractivity contribution in [2.24, 2.45) is 0 Å². The molecule has 0 spiro atoms. The highest BCUT2D eigenvalue weighted by Crippen LogP contribution is 2.37. The molecule has 0 aliphatic heterocycles. The van der Waals surface area contributed by atoms with Crippen LogP contribution in [0.25, 0.3) is 10.2 Å². The zero-order valence-corrected chi connectivity index (χ0v) is 17.4. The van der Waals surface area contributed by atoms with Gasteiger partial charge in [-0.15, -0.1) is 11.3 Å². The third-order valence-electron chi connectivity index (χ3n) is 5.51. The van der Waals surface area contributed by atoms with Crippen LogP contribution in [0.1, 0.15) is 51.3 Å². The Balaban J connectivity index is 1.59. The summed E-state index contributed by atoms with van der Waals surface area (Å²) in [6, 6.07) is 5.63. The Morgan fingerprint density at radius 1 is 1.18 bits per heavy atom. The lowest BCUT2D eigenvalue weighted by Crippen LogP contribution is -2.23. The van der Waals surface area contributed by atoms with Crippen LogP contribution in [0.4, 0.5) is 0 Å². The lowest BCUT2D eigenvalue weighted by Gasteiger charge is -2.11. The smallest absolute Gasteiger partial charge is 0.254 e. The van der Waals surface area contributed by atoms with Crippen molar-refractivity contribution >= 4 is 27.5 Å². The molecule has 2 N–H and O–H groups in total. The van der Waals surface area contributed by atoms with Crippen molar-refractivity contribution in [2.75, 3.05) is 14.2 Å². The topological polar surface area (TPSA) is 63.3 Å². The van der Waals surface area contributed by atoms with Crippen LogP contribution < -0.4 is 14.8 Å². The molecule has 6 heteroatoms. The SMILES string of the molecule is COc1ccc(CNC(=O)c2c(C)sc3c4c([nH]c23)CCCCC4)c(OC)c1. The maximum atomic E-state index is 13.0. The lowest BCUT2D eigenvalue weighted by atomic mass is 10.1. The first kappa shape index (κ1) is 18.9. The van der Waals surface area contributed by atoms with Gasteiger partial charge in [0.05, 0.1) is 30.0 Å². The summed E-state index contributed by atoms with van der Waals surface area (Å²) in [7, 11) is 3.25. The van der Waals surface area contributed by atoms with E-state index >= 15 is 0 Å². The predicted molar refractivity (Wildman–Crippen MR) is 113 cm³/mol. The Morgan fingerprint density at radius 3 is 2.79 bits per heavy atom. The van der Waals surface area contributed by atoms with Gasteiger partial charge in [-0.05, 0) is 50.3 Å². The van der Waals surface area contributed by atoms with E-state index in [1.807, 2.05) is 25.1 Å². The van der Waals surface area contributed by atoms with Gasteiger partial charge in [-0.2, -0.15) is 0 Å². The first-order chi connectivity index (χ1) is 13.6. The van der Waals surface area contributed by atoms with E-state index < -0.39 is 0 Å². The van der Waals surface area contributed by atoms with Gasteiger partial charge >= 0.3 is 0 Å². The number of aromatic nitrogens is 1. The molecule has 1 aromatic carbocycles. The molecule has 0 radical (unpaired) electrons. The number of hydrogen-bond acceptors (Lipinski definition) is 4. The lowest BCUT2D eigenvalue weighted by molar-refractivity contribution is 0.0952. The second-order valence-corrected chi connectivity index (χ2v) is 8.47. The van der Waals surface area contributed by atoms with Gasteiger partial charge < -0.3 is 19.8 Å². The minimum atomic E-state index is -0.0435. The summed E-state index contributed by atoms with van der Waals surface area (Å²) in [5.41, 5.74) is 5.46. The third kappa shape index (κ3) is 3.37. The summed E-state index contributed by atoms with van der Waals surface area (Å²) in [6.07, 6.45) is 5.93. The van der Waals surface area contributed by atoms with Crippen molar-refractivity contribution in [3.05, 3.63) is 45.5 Å². The highest BCUT2D eigenvalue weighted by molar-refractivity contribution is 7.19. The third-order valence-corrected chi connectivity index (χ3v) is 6.68. The Hall–Kier alpha value is -2.47. The highest BCUT2D eigenvalue weighted by atomic mass is 32.1. The fourth-order valence-corrected chi connectivity index (χ4v) is 5.24. The molecule has 0 saturated heterocycles. The Kier molecular flexibility index (Phi) is 5.31. The van der Waals surface area contributed by atoms with E-state index in [0.717, 1.165) is 40.1 Å². The van der Waals surface area contributed by atoms with Gasteiger partial charge in [-0.3, -0.25) is 4.79 Å². The molecule has 0 unspecified atom stereocenters. The average molecular weight is 399 g/mol. The number of rotatable bonds is 5. The number of H-pyrrole nitrogens is 1. The van der Waals surface area contributed by atoms with Crippen LogP contribution in [0.15, 0.2) is 18.2 Å². The summed E-state index contributed by atoms with van der Waals surface area (Å²) >= 11 is 1.74. The Bertz CT molecular complexity index is 1020. The van der Waals surface area contributed by atoms with E-state index in [4.69, 9.17) is 9.47 Å². The predicted octanol–water partition coefficient (Wildman–Crippen LogP) is 4.75. The second kappa shape index (κ2) is 7.87. The van der Waals surface area contributed by atoms with Crippen molar-refractivity contribution in [2.45, 2.75) is 45.6 Å². The number of aryl methyl sites for hydroxylation is 3. The standard InChI is InChI=1S/C22H26N2O3S/c1-13-19(20-21(28-13)16-7-5-4-6-8-17(16)24-20)22(25)23-12-14-9-10-15(26-2)11-18(14)27-3/h9-11,24H,4-8,12H2,1-3H3,(H,23,25). The molecule has 5 nitrogen and oxygen atoms in total. The number of methoxy groups -OCH3 is 2. The van der Waals surface area contributed by atoms with Crippen LogP contribution in [0.3, 0.4) is 0 Å². The van der Waals surface area contributed by atoms with Gasteiger partial charge in [-0.1, -0.05) is 6.42 Å². The molecule has 1 aliphatic carbocycles. The largest absolute Gasteiger partial charge is 0.497 e. The summed E-state index contributed by atoms with van der Waals surface area (Å²) in [4.78, 5) is 17.7. The van der Waals surface area contributed by atoms with Crippen molar-refractivity contribution in [1.82, 2.24) is 10.3 Å². The first-order valence-electron chi connectivity index (χ1n) is 9.74. The summed E-state index contributed by atoms with van der Waals surface area (Å²) in [6.45, 7) is 2.44. The average Bonchev–Trinajstić information content (AvgIpc) is 3.08. The number of aromatic amines is 1. The van der Waals surface area contributed by atoms with Crippen LogP contribution in [-0.2, 0) is 19.4 Å². The number of ether oxygens (including phenoxy) is 2. The fraction of sp³-hybridized carbons (Fsp3) is 0.409. The molecular formula is C22H26N2O3S. The van der Waals surface area contributed by atoms with Crippen molar-refractivity contribution in [1.29, 1.82) is 0 Å². The minimum Gasteiger partial charge on any atom is -0.497 e. The van der Waals surface area contributed by atoms with Crippen LogP contribution in [0.5, 0.6) is 11.5 Å². The number of nitrogens with one attached hydrogen (secondary N) is 2. The first-order valence-corrected chi connectivity index (χ1v) is 10.6. The van der Waals surface area contributed by atoms with Crippen molar-refractivity contribution in [3.8, 4) is 11.5 Å². The minimum absolute atomic E-state index is 0.0435. The Morgan fingerprint density at radius 2 is 2.00 bits per heavy atom. The second-order valence-electron chi connectivity index (χ2n) is 7.24. The van der Waals surface area contributed by atoms with E-state index in [2.05, 4.69) is 10.3 Å². The van der Waals surface area contributed by atoms with Crippen molar-refractivity contribution in [3.63, 3.8) is 0 Å². The molecule has 0 fully saturated rings. The molecule has 4 rings (SSSR count). The Labute approximate surface area is 169 Å². The summed E-state index contributed by atoms with van der Waals surface area (Å²) in [5.74, 6) is 1.40.